The summed E-state index contributed by atoms with van der Waals surface area (Å²) in [7, 11) is 0. The van der Waals surface area contributed by atoms with E-state index in [0.717, 1.165) is 44.4 Å². The molecule has 5 heteroatoms. The molecule has 0 amide bonds. The first kappa shape index (κ1) is 18.1. The number of carbonyl (C=O) groups is 1. The first-order chi connectivity index (χ1) is 12.7. The van der Waals surface area contributed by atoms with E-state index in [4.69, 9.17) is 9.94 Å². The molecule has 1 heterocycles. The number of carbonyl (C=O) groups excluding carboxylic acids is 1. The molecule has 2 aromatic carbocycles. The number of hydrogen-bond acceptors (Lipinski definition) is 5. The molecule has 1 aliphatic heterocycles. The highest BCUT2D eigenvalue weighted by Crippen LogP contribution is 2.21. The van der Waals surface area contributed by atoms with Gasteiger partial charge in [-0.05, 0) is 61.7 Å². The molecule has 0 atom stereocenters. The van der Waals surface area contributed by atoms with Gasteiger partial charge < -0.3 is 9.94 Å². The largest absolute Gasteiger partial charge is 0.493 e. The lowest BCUT2D eigenvalue weighted by Gasteiger charge is -2.31. The molecule has 0 bridgehead atoms. The van der Waals surface area contributed by atoms with Crippen LogP contribution in [0.4, 0.5) is 0 Å². The fourth-order valence-electron chi connectivity index (χ4n) is 3.21. The highest BCUT2D eigenvalue weighted by atomic mass is 16.5. The van der Waals surface area contributed by atoms with Gasteiger partial charge >= 0.3 is 0 Å². The predicted octanol–water partition coefficient (Wildman–Crippen LogP) is 3.62. The van der Waals surface area contributed by atoms with E-state index in [9.17, 15) is 4.79 Å². The molecular weight excluding hydrogens is 328 g/mol. The third kappa shape index (κ3) is 5.17. The molecule has 26 heavy (non-hydrogen) atoms. The second-order valence-corrected chi connectivity index (χ2v) is 6.65. The van der Waals surface area contributed by atoms with Crippen LogP contribution < -0.4 is 4.74 Å². The molecule has 0 unspecified atom stereocenters. The van der Waals surface area contributed by atoms with Crippen molar-refractivity contribution in [3.8, 4) is 5.75 Å². The van der Waals surface area contributed by atoms with Crippen molar-refractivity contribution in [2.75, 3.05) is 19.7 Å². The molecule has 0 aromatic heterocycles. The van der Waals surface area contributed by atoms with E-state index in [1.807, 2.05) is 0 Å². The quantitative estimate of drug-likeness (QED) is 0.358. The van der Waals surface area contributed by atoms with Crippen LogP contribution in [0.5, 0.6) is 5.75 Å². The zero-order chi connectivity index (χ0) is 18.2. The van der Waals surface area contributed by atoms with Gasteiger partial charge in [-0.25, -0.2) is 0 Å². The average Bonchev–Trinajstić information content (AvgIpc) is 2.69. The standard InChI is InChI=1S/C21H24N2O3/c24-21(14-22-25)19-6-8-20(9-7-19)26-16-18-10-12-23(13-11-18)15-17-4-2-1-3-5-17/h1-9,14,18,25H,10-13,15-16H2/b22-14+. The lowest BCUT2D eigenvalue weighted by molar-refractivity contribution is 0.106. The summed E-state index contributed by atoms with van der Waals surface area (Å²) in [6.45, 7) is 3.90. The maximum atomic E-state index is 11.6. The molecule has 136 valence electrons. The molecule has 1 saturated heterocycles. The summed E-state index contributed by atoms with van der Waals surface area (Å²) in [6, 6.07) is 17.5. The van der Waals surface area contributed by atoms with Gasteiger partial charge in [-0.3, -0.25) is 9.69 Å². The molecule has 3 rings (SSSR count). The SMILES string of the molecule is O=C(/C=N/O)c1ccc(OCC2CCN(Cc3ccccc3)CC2)cc1. The minimum Gasteiger partial charge on any atom is -0.493 e. The van der Waals surface area contributed by atoms with Crippen molar-refractivity contribution in [2.24, 2.45) is 11.1 Å². The summed E-state index contributed by atoms with van der Waals surface area (Å²) in [5.41, 5.74) is 1.84. The van der Waals surface area contributed by atoms with Crippen LogP contribution in [-0.2, 0) is 6.54 Å². The van der Waals surface area contributed by atoms with Gasteiger partial charge in [-0.15, -0.1) is 0 Å². The summed E-state index contributed by atoms with van der Waals surface area (Å²) in [5, 5.41) is 11.2. The fraction of sp³-hybridized carbons (Fsp3) is 0.333. The summed E-state index contributed by atoms with van der Waals surface area (Å²) in [6.07, 6.45) is 3.16. The lowest BCUT2D eigenvalue weighted by Crippen LogP contribution is -2.35. The Hall–Kier alpha value is -2.66. The van der Waals surface area contributed by atoms with Crippen molar-refractivity contribution in [3.05, 3.63) is 65.7 Å². The number of nitrogens with zero attached hydrogens (tertiary/aromatic N) is 2. The number of benzene rings is 2. The number of likely N-dealkylation sites (tertiary alicyclic amines) is 1. The molecule has 5 nitrogen and oxygen atoms in total. The molecule has 0 radical (unpaired) electrons. The number of rotatable bonds is 7. The molecular formula is C21H24N2O3. The van der Waals surface area contributed by atoms with Crippen LogP contribution in [0.1, 0.15) is 28.8 Å². The van der Waals surface area contributed by atoms with Crippen LogP contribution in [0, 0.1) is 5.92 Å². The van der Waals surface area contributed by atoms with E-state index >= 15 is 0 Å². The summed E-state index contributed by atoms with van der Waals surface area (Å²) >= 11 is 0. The van der Waals surface area contributed by atoms with Gasteiger partial charge in [0.25, 0.3) is 0 Å². The van der Waals surface area contributed by atoms with Crippen molar-refractivity contribution >= 4 is 12.0 Å². The normalized spacial score (nSPS) is 16.0. The maximum Gasteiger partial charge on any atom is 0.207 e. The molecule has 0 saturated carbocycles. The monoisotopic (exact) mass is 352 g/mol. The minimum absolute atomic E-state index is 0.329. The van der Waals surface area contributed by atoms with Crippen LogP contribution in [-0.4, -0.2) is 41.8 Å². The molecule has 1 N–H and O–H groups in total. The smallest absolute Gasteiger partial charge is 0.207 e. The van der Waals surface area contributed by atoms with Gasteiger partial charge in [0.1, 0.15) is 12.0 Å². The van der Waals surface area contributed by atoms with Gasteiger partial charge in [0.15, 0.2) is 0 Å². The van der Waals surface area contributed by atoms with Crippen molar-refractivity contribution in [2.45, 2.75) is 19.4 Å². The third-order valence-electron chi connectivity index (χ3n) is 4.76. The van der Waals surface area contributed by atoms with Crippen LogP contribution in [0.15, 0.2) is 59.8 Å². The number of piperidine rings is 1. The first-order valence-corrected chi connectivity index (χ1v) is 8.95. The Balaban J connectivity index is 1.41. The lowest BCUT2D eigenvalue weighted by atomic mass is 9.97. The Morgan fingerprint density at radius 1 is 1.12 bits per heavy atom. The molecule has 0 spiro atoms. The number of Topliss-reactive ketones (excluding diaryl/α,β-unsaturated/α-hetero) is 1. The summed E-state index contributed by atoms with van der Waals surface area (Å²) in [5.74, 6) is 0.990. The van der Waals surface area contributed by atoms with E-state index in [1.165, 1.54) is 5.56 Å². The Kier molecular flexibility index (Phi) is 6.39. The maximum absolute atomic E-state index is 11.6. The first-order valence-electron chi connectivity index (χ1n) is 8.95. The highest BCUT2D eigenvalue weighted by molar-refractivity contribution is 6.35. The highest BCUT2D eigenvalue weighted by Gasteiger charge is 2.19. The van der Waals surface area contributed by atoms with Crippen LogP contribution in [0.25, 0.3) is 0 Å². The number of oxime groups is 1. The van der Waals surface area contributed by atoms with Crippen LogP contribution in [0.2, 0.25) is 0 Å². The zero-order valence-electron chi connectivity index (χ0n) is 14.8. The van der Waals surface area contributed by atoms with Gasteiger partial charge in [-0.1, -0.05) is 35.5 Å². The Morgan fingerprint density at radius 2 is 1.81 bits per heavy atom. The number of hydrogen-bond donors (Lipinski definition) is 1. The van der Waals surface area contributed by atoms with E-state index in [1.54, 1.807) is 24.3 Å². The second-order valence-electron chi connectivity index (χ2n) is 6.65. The Bertz CT molecular complexity index is 721. The van der Waals surface area contributed by atoms with Crippen LogP contribution in [0.3, 0.4) is 0 Å². The van der Waals surface area contributed by atoms with Gasteiger partial charge in [0, 0.05) is 12.1 Å². The molecule has 1 fully saturated rings. The van der Waals surface area contributed by atoms with Gasteiger partial charge in [0.05, 0.1) is 6.61 Å². The van der Waals surface area contributed by atoms with Crippen molar-refractivity contribution < 1.29 is 14.7 Å². The Labute approximate surface area is 153 Å². The number of ether oxygens (including phenoxy) is 1. The third-order valence-corrected chi connectivity index (χ3v) is 4.76. The van der Waals surface area contributed by atoms with E-state index in [0.29, 0.717) is 18.1 Å². The summed E-state index contributed by atoms with van der Waals surface area (Å²) in [4.78, 5) is 14.1. The van der Waals surface area contributed by atoms with Crippen molar-refractivity contribution in [1.82, 2.24) is 4.90 Å². The second kappa shape index (κ2) is 9.15. The van der Waals surface area contributed by atoms with Crippen molar-refractivity contribution in [3.63, 3.8) is 0 Å². The van der Waals surface area contributed by atoms with E-state index in [2.05, 4.69) is 40.4 Å². The van der Waals surface area contributed by atoms with Gasteiger partial charge in [0.2, 0.25) is 5.78 Å². The average molecular weight is 352 g/mol. The van der Waals surface area contributed by atoms with Gasteiger partial charge in [-0.2, -0.15) is 0 Å². The predicted molar refractivity (Wildman–Crippen MR) is 101 cm³/mol. The molecule has 1 aliphatic rings. The topological polar surface area (TPSA) is 62.1 Å². The van der Waals surface area contributed by atoms with Crippen LogP contribution >= 0.6 is 0 Å². The minimum atomic E-state index is -0.329. The van der Waals surface area contributed by atoms with E-state index < -0.39 is 0 Å². The van der Waals surface area contributed by atoms with Crippen molar-refractivity contribution in [1.29, 1.82) is 0 Å². The molecule has 0 aliphatic carbocycles. The number of ketones is 1. The summed E-state index contributed by atoms with van der Waals surface area (Å²) < 4.78 is 5.88. The zero-order valence-corrected chi connectivity index (χ0v) is 14.8. The fourth-order valence-corrected chi connectivity index (χ4v) is 3.21. The molecule has 2 aromatic rings. The van der Waals surface area contributed by atoms with E-state index in [-0.39, 0.29) is 5.78 Å². The Morgan fingerprint density at radius 3 is 2.46 bits per heavy atom.